The van der Waals surface area contributed by atoms with Gasteiger partial charge in [-0.15, -0.1) is 0 Å². The van der Waals surface area contributed by atoms with Crippen LogP contribution in [0.5, 0.6) is 0 Å². The van der Waals surface area contributed by atoms with Crippen LogP contribution in [-0.2, 0) is 9.59 Å². The van der Waals surface area contributed by atoms with E-state index in [1.807, 2.05) is 31.2 Å². The Morgan fingerprint density at radius 1 is 0.963 bits per heavy atom. The van der Waals surface area contributed by atoms with E-state index in [0.29, 0.717) is 24.7 Å². The molecule has 1 rings (SSSR count). The average molecular weight is 375 g/mol. The third kappa shape index (κ3) is 9.60. The first kappa shape index (κ1) is 23.2. The molecule has 0 unspecified atom stereocenters. The number of hydrogen-bond acceptors (Lipinski definition) is 2. The minimum Gasteiger partial charge on any atom is -0.356 e. The molecule has 152 valence electrons. The van der Waals surface area contributed by atoms with Crippen molar-refractivity contribution in [3.8, 4) is 0 Å². The first-order valence-corrected chi connectivity index (χ1v) is 10.5. The highest BCUT2D eigenvalue weighted by atomic mass is 16.2. The second-order valence-electron chi connectivity index (χ2n) is 8.06. The van der Waals surface area contributed by atoms with Gasteiger partial charge in [0.1, 0.15) is 0 Å². The lowest BCUT2D eigenvalue weighted by atomic mass is 9.98. The lowest BCUT2D eigenvalue weighted by Gasteiger charge is -2.17. The van der Waals surface area contributed by atoms with Gasteiger partial charge < -0.3 is 10.6 Å². The molecule has 0 aliphatic rings. The fraction of sp³-hybridized carbons (Fsp3) is 0.652. The van der Waals surface area contributed by atoms with Gasteiger partial charge in [-0.05, 0) is 41.9 Å². The van der Waals surface area contributed by atoms with Crippen LogP contribution in [0.1, 0.15) is 84.6 Å². The van der Waals surface area contributed by atoms with Crippen molar-refractivity contribution in [2.75, 3.05) is 11.9 Å². The van der Waals surface area contributed by atoms with Crippen LogP contribution in [0, 0.1) is 11.8 Å². The molecule has 0 bridgehead atoms. The van der Waals surface area contributed by atoms with Gasteiger partial charge in [0.25, 0.3) is 0 Å². The summed E-state index contributed by atoms with van der Waals surface area (Å²) >= 11 is 0. The van der Waals surface area contributed by atoms with Gasteiger partial charge in [-0.1, -0.05) is 66.0 Å². The molecule has 0 aromatic heterocycles. The second-order valence-corrected chi connectivity index (χ2v) is 8.06. The molecule has 4 nitrogen and oxygen atoms in total. The highest BCUT2D eigenvalue weighted by molar-refractivity contribution is 5.91. The lowest BCUT2D eigenvalue weighted by Crippen LogP contribution is -2.30. The standard InChI is InChI=1S/C23H38N2O2/c1-6-8-9-19(7-2)16-24-22(26)14-18(5)15-23(27)25-21-12-10-20(11-13-21)17(3)4/h10-13,17-19H,6-9,14-16H2,1-5H3,(H,24,26)(H,25,27)/t18-,19-/m1/s1. The Bertz CT molecular complexity index is 566. The fourth-order valence-corrected chi connectivity index (χ4v) is 3.14. The van der Waals surface area contributed by atoms with Crippen LogP contribution in [0.3, 0.4) is 0 Å². The average Bonchev–Trinajstić information content (AvgIpc) is 2.62. The van der Waals surface area contributed by atoms with Gasteiger partial charge in [-0.3, -0.25) is 9.59 Å². The van der Waals surface area contributed by atoms with E-state index in [-0.39, 0.29) is 17.7 Å². The second kappa shape index (κ2) is 12.5. The van der Waals surface area contributed by atoms with Crippen molar-refractivity contribution >= 4 is 17.5 Å². The van der Waals surface area contributed by atoms with Crippen molar-refractivity contribution in [1.29, 1.82) is 0 Å². The minimum absolute atomic E-state index is 0.0238. The molecule has 2 N–H and O–H groups in total. The number of rotatable bonds is 12. The van der Waals surface area contributed by atoms with Crippen molar-refractivity contribution in [2.45, 2.75) is 79.1 Å². The number of carbonyl (C=O) groups excluding carboxylic acids is 2. The topological polar surface area (TPSA) is 58.2 Å². The molecule has 0 aliphatic carbocycles. The van der Waals surface area contributed by atoms with Crippen LogP contribution in [-0.4, -0.2) is 18.4 Å². The van der Waals surface area contributed by atoms with Crippen molar-refractivity contribution in [3.05, 3.63) is 29.8 Å². The summed E-state index contributed by atoms with van der Waals surface area (Å²) in [6, 6.07) is 7.96. The van der Waals surface area contributed by atoms with E-state index in [1.54, 1.807) is 0 Å². The molecule has 0 heterocycles. The van der Waals surface area contributed by atoms with Gasteiger partial charge in [0.15, 0.2) is 0 Å². The maximum absolute atomic E-state index is 12.2. The van der Waals surface area contributed by atoms with Crippen LogP contribution < -0.4 is 10.6 Å². The molecule has 0 aliphatic heterocycles. The molecule has 0 saturated carbocycles. The Balaban J connectivity index is 2.34. The fourth-order valence-electron chi connectivity index (χ4n) is 3.14. The van der Waals surface area contributed by atoms with Gasteiger partial charge in [0.05, 0.1) is 0 Å². The number of anilines is 1. The largest absolute Gasteiger partial charge is 0.356 e. The molecule has 0 spiro atoms. The Morgan fingerprint density at radius 2 is 1.59 bits per heavy atom. The van der Waals surface area contributed by atoms with E-state index in [0.717, 1.165) is 18.7 Å². The van der Waals surface area contributed by atoms with E-state index in [2.05, 4.69) is 38.3 Å². The Morgan fingerprint density at radius 3 is 2.15 bits per heavy atom. The zero-order valence-corrected chi connectivity index (χ0v) is 17.8. The number of benzene rings is 1. The molecule has 2 atom stereocenters. The monoisotopic (exact) mass is 374 g/mol. The molecular weight excluding hydrogens is 336 g/mol. The Hall–Kier alpha value is -1.84. The van der Waals surface area contributed by atoms with E-state index in [1.165, 1.54) is 24.8 Å². The van der Waals surface area contributed by atoms with Crippen molar-refractivity contribution in [1.82, 2.24) is 5.32 Å². The number of hydrogen-bond donors (Lipinski definition) is 2. The smallest absolute Gasteiger partial charge is 0.224 e. The minimum atomic E-state index is -0.0398. The summed E-state index contributed by atoms with van der Waals surface area (Å²) in [5.74, 6) is 1.06. The van der Waals surface area contributed by atoms with Gasteiger partial charge in [-0.25, -0.2) is 0 Å². The van der Waals surface area contributed by atoms with Gasteiger partial charge >= 0.3 is 0 Å². The van der Waals surface area contributed by atoms with Crippen molar-refractivity contribution in [3.63, 3.8) is 0 Å². The van der Waals surface area contributed by atoms with Crippen molar-refractivity contribution in [2.24, 2.45) is 11.8 Å². The van der Waals surface area contributed by atoms with Crippen LogP contribution in [0.15, 0.2) is 24.3 Å². The van der Waals surface area contributed by atoms with E-state index in [9.17, 15) is 9.59 Å². The Labute approximate surface area is 165 Å². The van der Waals surface area contributed by atoms with Gasteiger partial charge in [-0.2, -0.15) is 0 Å². The maximum Gasteiger partial charge on any atom is 0.224 e. The summed E-state index contributed by atoms with van der Waals surface area (Å²) in [6.45, 7) is 11.4. The summed E-state index contributed by atoms with van der Waals surface area (Å²) in [6.07, 6.45) is 5.41. The molecule has 2 amide bonds. The molecule has 0 fully saturated rings. The molecule has 0 saturated heterocycles. The quantitative estimate of drug-likeness (QED) is 0.508. The van der Waals surface area contributed by atoms with Crippen molar-refractivity contribution < 1.29 is 9.59 Å². The third-order valence-electron chi connectivity index (χ3n) is 5.06. The predicted octanol–water partition coefficient (Wildman–Crippen LogP) is 5.50. The van der Waals surface area contributed by atoms with E-state index < -0.39 is 0 Å². The highest BCUT2D eigenvalue weighted by Gasteiger charge is 2.15. The first-order chi connectivity index (χ1) is 12.8. The summed E-state index contributed by atoms with van der Waals surface area (Å²) < 4.78 is 0. The summed E-state index contributed by atoms with van der Waals surface area (Å²) in [5, 5.41) is 5.97. The predicted molar refractivity (Wildman–Crippen MR) is 114 cm³/mol. The Kier molecular flexibility index (Phi) is 10.8. The van der Waals surface area contributed by atoms with Crippen LogP contribution >= 0.6 is 0 Å². The molecule has 1 aromatic carbocycles. The zero-order valence-electron chi connectivity index (χ0n) is 17.8. The summed E-state index contributed by atoms with van der Waals surface area (Å²) in [7, 11) is 0. The maximum atomic E-state index is 12.2. The normalized spacial score (nSPS) is 13.3. The number of unbranched alkanes of at least 4 members (excludes halogenated alkanes) is 1. The molecule has 0 radical (unpaired) electrons. The number of amides is 2. The van der Waals surface area contributed by atoms with E-state index >= 15 is 0 Å². The molecule has 4 heteroatoms. The van der Waals surface area contributed by atoms with Crippen LogP contribution in [0.4, 0.5) is 5.69 Å². The highest BCUT2D eigenvalue weighted by Crippen LogP contribution is 2.18. The SMILES string of the molecule is CCCC[C@@H](CC)CNC(=O)C[C@@H](C)CC(=O)Nc1ccc(C(C)C)cc1. The zero-order chi connectivity index (χ0) is 20.2. The number of nitrogens with one attached hydrogen (secondary N) is 2. The summed E-state index contributed by atoms with van der Waals surface area (Å²) in [5.41, 5.74) is 2.06. The lowest BCUT2D eigenvalue weighted by molar-refractivity contribution is -0.122. The molecule has 27 heavy (non-hydrogen) atoms. The molecular formula is C23H38N2O2. The first-order valence-electron chi connectivity index (χ1n) is 10.5. The van der Waals surface area contributed by atoms with Gasteiger partial charge in [0.2, 0.25) is 11.8 Å². The van der Waals surface area contributed by atoms with Crippen LogP contribution in [0.25, 0.3) is 0 Å². The van der Waals surface area contributed by atoms with Crippen LogP contribution in [0.2, 0.25) is 0 Å². The van der Waals surface area contributed by atoms with Gasteiger partial charge in [0, 0.05) is 25.1 Å². The number of carbonyl (C=O) groups is 2. The van der Waals surface area contributed by atoms with E-state index in [4.69, 9.17) is 0 Å². The third-order valence-corrected chi connectivity index (χ3v) is 5.06. The molecule has 1 aromatic rings. The summed E-state index contributed by atoms with van der Waals surface area (Å²) in [4.78, 5) is 24.4.